The van der Waals surface area contributed by atoms with Crippen LogP contribution in [0.2, 0.25) is 5.02 Å². The summed E-state index contributed by atoms with van der Waals surface area (Å²) < 4.78 is 5.56. The van der Waals surface area contributed by atoms with Gasteiger partial charge < -0.3 is 4.74 Å². The Labute approximate surface area is 97.1 Å². The highest BCUT2D eigenvalue weighted by Gasteiger charge is 2.14. The molecule has 2 nitrogen and oxygen atoms in total. The van der Waals surface area contributed by atoms with Gasteiger partial charge in [0, 0.05) is 9.75 Å². The maximum Gasteiger partial charge on any atom is 0.349 e. The molecule has 0 fully saturated rings. The van der Waals surface area contributed by atoms with Crippen LogP contribution in [0.5, 0.6) is 0 Å². The molecule has 0 bridgehead atoms. The van der Waals surface area contributed by atoms with Gasteiger partial charge in [-0.15, -0.1) is 11.3 Å². The first-order chi connectivity index (χ1) is 7.15. The molecule has 1 aromatic rings. The highest BCUT2D eigenvalue weighted by Crippen LogP contribution is 2.15. The van der Waals surface area contributed by atoms with Crippen molar-refractivity contribution in [2.45, 2.75) is 6.92 Å². The number of hydrogen-bond acceptors (Lipinski definition) is 3. The number of carbonyl (C=O) groups excluding carboxylic acids is 1. The Balaban J connectivity index is 3.55. The molecule has 80 valence electrons. The zero-order valence-corrected chi connectivity index (χ0v) is 10.1. The van der Waals surface area contributed by atoms with Crippen molar-refractivity contribution in [3.63, 3.8) is 0 Å². The summed E-state index contributed by atoms with van der Waals surface area (Å²) in [5.41, 5.74) is 0. The predicted octanol–water partition coefficient (Wildman–Crippen LogP) is 1.96. The van der Waals surface area contributed by atoms with Crippen LogP contribution in [0, 0.1) is 0 Å². The number of allylic oxidation sites excluding steroid dienone is 1. The standard InChI is InChI=1S/C11H11ClO2S/c1-4-6-8-7(5-2)9(12)10(15-8)11(13)14-3/h4-6H,1H2,2-3H3/b7-5+,8-6+. The van der Waals surface area contributed by atoms with E-state index in [2.05, 4.69) is 11.3 Å². The van der Waals surface area contributed by atoms with E-state index in [1.54, 1.807) is 6.08 Å². The molecule has 0 radical (unpaired) electrons. The van der Waals surface area contributed by atoms with Crippen molar-refractivity contribution in [3.8, 4) is 0 Å². The van der Waals surface area contributed by atoms with Crippen molar-refractivity contribution >= 4 is 41.1 Å². The summed E-state index contributed by atoms with van der Waals surface area (Å²) in [6.07, 6.45) is 5.34. The molecule has 1 rings (SSSR count). The lowest BCUT2D eigenvalue weighted by atomic mass is 10.3. The summed E-state index contributed by atoms with van der Waals surface area (Å²) in [7, 11) is 1.34. The van der Waals surface area contributed by atoms with Crippen LogP contribution in [0.25, 0.3) is 12.2 Å². The molecule has 1 aromatic heterocycles. The molecule has 15 heavy (non-hydrogen) atoms. The lowest BCUT2D eigenvalue weighted by Crippen LogP contribution is -2.17. The van der Waals surface area contributed by atoms with Crippen molar-refractivity contribution in [3.05, 3.63) is 32.3 Å². The van der Waals surface area contributed by atoms with Gasteiger partial charge in [0.15, 0.2) is 0 Å². The van der Waals surface area contributed by atoms with Crippen LogP contribution in [0.3, 0.4) is 0 Å². The number of thiophene rings is 1. The van der Waals surface area contributed by atoms with E-state index in [0.717, 1.165) is 9.75 Å². The predicted molar refractivity (Wildman–Crippen MR) is 64.7 cm³/mol. The minimum absolute atomic E-state index is 0.406. The Morgan fingerprint density at radius 1 is 1.60 bits per heavy atom. The van der Waals surface area contributed by atoms with Crippen LogP contribution in [-0.2, 0) is 4.74 Å². The molecule has 0 atom stereocenters. The molecule has 0 N–H and O–H groups in total. The van der Waals surface area contributed by atoms with Gasteiger partial charge in [-0.3, -0.25) is 0 Å². The van der Waals surface area contributed by atoms with Gasteiger partial charge in [0.2, 0.25) is 0 Å². The summed E-state index contributed by atoms with van der Waals surface area (Å²) in [4.78, 5) is 11.8. The Hall–Kier alpha value is -1.06. The molecular formula is C11H11ClO2S. The number of ether oxygens (including phenoxy) is 1. The molecule has 1 heterocycles. The van der Waals surface area contributed by atoms with Gasteiger partial charge >= 0.3 is 5.97 Å². The number of esters is 1. The molecule has 0 saturated heterocycles. The van der Waals surface area contributed by atoms with E-state index < -0.39 is 5.97 Å². The van der Waals surface area contributed by atoms with Gasteiger partial charge in [-0.1, -0.05) is 30.3 Å². The van der Waals surface area contributed by atoms with Crippen molar-refractivity contribution in [2.75, 3.05) is 7.11 Å². The first kappa shape index (κ1) is 12.0. The molecule has 0 aliphatic carbocycles. The fraction of sp³-hybridized carbons (Fsp3) is 0.182. The van der Waals surface area contributed by atoms with Gasteiger partial charge in [0.1, 0.15) is 4.88 Å². The normalized spacial score (nSPS) is 13.0. The van der Waals surface area contributed by atoms with Crippen LogP contribution in [0.1, 0.15) is 16.6 Å². The van der Waals surface area contributed by atoms with Crippen LogP contribution in [-0.4, -0.2) is 13.1 Å². The smallest absolute Gasteiger partial charge is 0.349 e. The Morgan fingerprint density at radius 2 is 2.27 bits per heavy atom. The number of methoxy groups -OCH3 is 1. The second-order valence-corrected chi connectivity index (χ2v) is 4.14. The van der Waals surface area contributed by atoms with Crippen LogP contribution in [0.15, 0.2) is 12.7 Å². The zero-order valence-electron chi connectivity index (χ0n) is 8.54. The van der Waals surface area contributed by atoms with E-state index in [-0.39, 0.29) is 0 Å². The van der Waals surface area contributed by atoms with Gasteiger partial charge in [-0.2, -0.15) is 0 Å². The van der Waals surface area contributed by atoms with Crippen molar-refractivity contribution in [2.24, 2.45) is 0 Å². The molecule has 0 aromatic carbocycles. The van der Waals surface area contributed by atoms with Crippen LogP contribution >= 0.6 is 22.9 Å². The third-order valence-electron chi connectivity index (χ3n) is 1.84. The van der Waals surface area contributed by atoms with E-state index in [4.69, 9.17) is 11.6 Å². The summed E-state index contributed by atoms with van der Waals surface area (Å²) in [5, 5.41) is 1.30. The summed E-state index contributed by atoms with van der Waals surface area (Å²) in [6, 6.07) is 0. The molecule has 4 heteroatoms. The second kappa shape index (κ2) is 5.14. The fourth-order valence-electron chi connectivity index (χ4n) is 1.16. The highest BCUT2D eigenvalue weighted by atomic mass is 35.5. The number of carbonyl (C=O) groups is 1. The lowest BCUT2D eigenvalue weighted by Gasteiger charge is -1.93. The molecular weight excluding hydrogens is 232 g/mol. The van der Waals surface area contributed by atoms with E-state index in [9.17, 15) is 4.79 Å². The summed E-state index contributed by atoms with van der Waals surface area (Å²) in [6.45, 7) is 5.48. The zero-order chi connectivity index (χ0) is 11.4. The molecule has 0 amide bonds. The number of hydrogen-bond donors (Lipinski definition) is 0. The molecule has 0 saturated carbocycles. The third-order valence-corrected chi connectivity index (χ3v) is 3.50. The van der Waals surface area contributed by atoms with Gasteiger partial charge in [0.25, 0.3) is 0 Å². The Morgan fingerprint density at radius 3 is 2.73 bits per heavy atom. The Bertz CT molecular complexity index is 499. The quantitative estimate of drug-likeness (QED) is 0.741. The monoisotopic (exact) mass is 242 g/mol. The summed E-state index contributed by atoms with van der Waals surface area (Å²) in [5.74, 6) is -0.406. The minimum Gasteiger partial charge on any atom is -0.465 e. The topological polar surface area (TPSA) is 26.3 Å². The first-order valence-electron chi connectivity index (χ1n) is 4.31. The second-order valence-electron chi connectivity index (χ2n) is 2.71. The fourth-order valence-corrected chi connectivity index (χ4v) is 2.70. The van der Waals surface area contributed by atoms with Crippen molar-refractivity contribution in [1.29, 1.82) is 0 Å². The van der Waals surface area contributed by atoms with E-state index in [1.165, 1.54) is 18.4 Å². The van der Waals surface area contributed by atoms with Gasteiger partial charge in [-0.25, -0.2) is 4.79 Å². The van der Waals surface area contributed by atoms with Crippen molar-refractivity contribution < 1.29 is 9.53 Å². The van der Waals surface area contributed by atoms with Gasteiger partial charge in [0.05, 0.1) is 12.1 Å². The van der Waals surface area contributed by atoms with E-state index in [1.807, 2.05) is 19.1 Å². The maximum absolute atomic E-state index is 11.4. The number of rotatable bonds is 2. The minimum atomic E-state index is -0.406. The molecule has 0 aliphatic heterocycles. The SMILES string of the molecule is C=C/C=c1/sc(C(=O)OC)c(Cl)/c1=C/C. The maximum atomic E-state index is 11.4. The van der Waals surface area contributed by atoms with Crippen LogP contribution in [0.4, 0.5) is 0 Å². The van der Waals surface area contributed by atoms with Gasteiger partial charge in [-0.05, 0) is 13.0 Å². The molecule has 0 spiro atoms. The van der Waals surface area contributed by atoms with Crippen molar-refractivity contribution in [1.82, 2.24) is 0 Å². The highest BCUT2D eigenvalue weighted by molar-refractivity contribution is 7.12. The first-order valence-corrected chi connectivity index (χ1v) is 5.50. The summed E-state index contributed by atoms with van der Waals surface area (Å²) >= 11 is 7.37. The number of halogens is 1. The average Bonchev–Trinajstić information content (AvgIpc) is 2.55. The molecule has 0 unspecified atom stereocenters. The van der Waals surface area contributed by atoms with E-state index in [0.29, 0.717) is 9.90 Å². The van der Waals surface area contributed by atoms with E-state index >= 15 is 0 Å². The Kier molecular flexibility index (Phi) is 4.12. The largest absolute Gasteiger partial charge is 0.465 e. The van der Waals surface area contributed by atoms with Crippen LogP contribution < -0.4 is 9.75 Å². The third kappa shape index (κ3) is 2.30. The molecule has 0 aliphatic rings. The average molecular weight is 243 g/mol. The lowest BCUT2D eigenvalue weighted by molar-refractivity contribution is 0.0606.